The smallest absolute Gasteiger partial charge is 0.326 e. The summed E-state index contributed by atoms with van der Waals surface area (Å²) >= 11 is 0. The van der Waals surface area contributed by atoms with E-state index in [0.717, 1.165) is 38.5 Å². The van der Waals surface area contributed by atoms with Crippen molar-refractivity contribution in [1.29, 1.82) is 0 Å². The van der Waals surface area contributed by atoms with Gasteiger partial charge in [-0.05, 0) is 26.2 Å². The van der Waals surface area contributed by atoms with Crippen molar-refractivity contribution in [2.24, 2.45) is 0 Å². The number of carbonyl (C=O) groups excluding carboxylic acids is 3. The number of ketones is 1. The highest BCUT2D eigenvalue weighted by atomic mass is 16.4. The summed E-state index contributed by atoms with van der Waals surface area (Å²) in [6.45, 7) is 0.757. The minimum absolute atomic E-state index is 0.0802. The fraction of sp³-hybridized carbons (Fsp3) is 0.828. The maximum Gasteiger partial charge on any atom is 0.326 e. The van der Waals surface area contributed by atoms with E-state index in [-0.39, 0.29) is 31.6 Å². The average Bonchev–Trinajstić information content (AvgIpc) is 2.89. The van der Waals surface area contributed by atoms with Crippen LogP contribution >= 0.6 is 0 Å². The molecule has 0 aliphatic rings. The summed E-state index contributed by atoms with van der Waals surface area (Å²) in [5, 5.41) is 31.6. The lowest BCUT2D eigenvalue weighted by molar-refractivity contribution is -0.142. The van der Waals surface area contributed by atoms with Gasteiger partial charge < -0.3 is 26.0 Å². The van der Waals surface area contributed by atoms with E-state index in [0.29, 0.717) is 6.42 Å². The number of carbonyl (C=O) groups is 5. The second-order valence-electron chi connectivity index (χ2n) is 10.5. The monoisotopic (exact) mass is 556 g/mol. The van der Waals surface area contributed by atoms with Crippen LogP contribution in [0.3, 0.4) is 0 Å². The van der Waals surface area contributed by atoms with Crippen molar-refractivity contribution in [3.8, 4) is 0 Å². The average molecular weight is 557 g/mol. The van der Waals surface area contributed by atoms with E-state index in [1.807, 2.05) is 0 Å². The Morgan fingerprint density at radius 3 is 1.33 bits per heavy atom. The molecule has 0 rings (SSSR count). The minimum Gasteiger partial charge on any atom is -0.481 e. The second kappa shape index (κ2) is 24.5. The lowest BCUT2D eigenvalue weighted by Gasteiger charge is -2.16. The highest BCUT2D eigenvalue weighted by molar-refractivity contribution is 5.89. The molecule has 2 atom stereocenters. The van der Waals surface area contributed by atoms with Gasteiger partial charge >= 0.3 is 11.9 Å². The second-order valence-corrected chi connectivity index (χ2v) is 10.5. The number of aliphatic hydroxyl groups excluding tert-OH is 1. The largest absolute Gasteiger partial charge is 0.481 e. The van der Waals surface area contributed by atoms with Crippen LogP contribution in [0.25, 0.3) is 0 Å². The molecule has 0 bridgehead atoms. The number of Topliss-reactive ketones (excluding diaryl/α,β-unsaturated/α-hetero) is 1. The van der Waals surface area contributed by atoms with Gasteiger partial charge in [0.2, 0.25) is 11.8 Å². The van der Waals surface area contributed by atoms with E-state index in [2.05, 4.69) is 10.6 Å². The fourth-order valence-electron chi connectivity index (χ4n) is 4.37. The van der Waals surface area contributed by atoms with Gasteiger partial charge in [0.1, 0.15) is 12.6 Å². The van der Waals surface area contributed by atoms with Crippen LogP contribution in [0.4, 0.5) is 0 Å². The third kappa shape index (κ3) is 23.1. The standard InChI is InChI=1S/C29H52N2O8/c1-23(25(33)22-32)30-27(35)21-20-24(29(38)39)31-26(34)18-16-14-12-10-8-6-4-2-3-5-7-9-11-13-15-17-19-28(36)37/h23-24,32H,2-22H2,1H3,(H,30,35)(H,31,34)(H,36,37)(H,38,39)/t23-,24-/m0/s1. The van der Waals surface area contributed by atoms with Crippen LogP contribution in [0.1, 0.15) is 135 Å². The molecule has 2 amide bonds. The summed E-state index contributed by atoms with van der Waals surface area (Å²) in [4.78, 5) is 57.2. The first-order valence-electron chi connectivity index (χ1n) is 14.8. The summed E-state index contributed by atoms with van der Waals surface area (Å²) in [5.74, 6) is -3.30. The van der Waals surface area contributed by atoms with Crippen LogP contribution in [0.5, 0.6) is 0 Å². The molecule has 0 radical (unpaired) electrons. The minimum atomic E-state index is -1.21. The molecule has 0 saturated carbocycles. The lowest BCUT2D eigenvalue weighted by Crippen LogP contribution is -2.43. The Kier molecular flexibility index (Phi) is 23.0. The predicted octanol–water partition coefficient (Wildman–Crippen LogP) is 4.51. The molecule has 0 aromatic rings. The number of aliphatic hydroxyl groups is 1. The molecule has 0 spiro atoms. The molecule has 0 unspecified atom stereocenters. The molecule has 226 valence electrons. The topological polar surface area (TPSA) is 170 Å². The molecule has 10 heteroatoms. The number of nitrogens with one attached hydrogen (secondary N) is 2. The van der Waals surface area contributed by atoms with Crippen molar-refractivity contribution < 1.29 is 39.3 Å². The Hall–Kier alpha value is -2.49. The molecule has 0 saturated heterocycles. The lowest BCUT2D eigenvalue weighted by atomic mass is 10.0. The van der Waals surface area contributed by atoms with Crippen LogP contribution in [0, 0.1) is 0 Å². The molecule has 10 nitrogen and oxygen atoms in total. The normalized spacial score (nSPS) is 12.5. The quantitative estimate of drug-likeness (QED) is 0.0920. The van der Waals surface area contributed by atoms with Crippen LogP contribution < -0.4 is 10.6 Å². The van der Waals surface area contributed by atoms with E-state index in [1.165, 1.54) is 64.7 Å². The van der Waals surface area contributed by atoms with Gasteiger partial charge in [0.25, 0.3) is 0 Å². The van der Waals surface area contributed by atoms with Gasteiger partial charge in [-0.25, -0.2) is 4.79 Å². The van der Waals surface area contributed by atoms with Crippen LogP contribution in [0.15, 0.2) is 0 Å². The number of hydrogen-bond acceptors (Lipinski definition) is 6. The SMILES string of the molecule is C[C@H](NC(=O)CC[C@H](NC(=O)CCCCCCCCCCCCCCCCCCC(=O)O)C(=O)O)C(=O)CO. The number of unbranched alkanes of at least 4 members (excludes halogenated alkanes) is 15. The molecule has 0 aromatic heterocycles. The summed E-state index contributed by atoms with van der Waals surface area (Å²) < 4.78 is 0. The summed E-state index contributed by atoms with van der Waals surface area (Å²) in [5.41, 5.74) is 0. The fourth-order valence-corrected chi connectivity index (χ4v) is 4.37. The van der Waals surface area contributed by atoms with Gasteiger partial charge in [0.05, 0.1) is 6.04 Å². The van der Waals surface area contributed by atoms with E-state index in [4.69, 9.17) is 10.2 Å². The van der Waals surface area contributed by atoms with Crippen LogP contribution in [0.2, 0.25) is 0 Å². The summed E-state index contributed by atoms with van der Waals surface area (Å²) in [7, 11) is 0. The van der Waals surface area contributed by atoms with Gasteiger partial charge in [-0.3, -0.25) is 19.2 Å². The van der Waals surface area contributed by atoms with Crippen molar-refractivity contribution in [3.05, 3.63) is 0 Å². The predicted molar refractivity (Wildman–Crippen MR) is 149 cm³/mol. The molecule has 0 aliphatic heterocycles. The first-order chi connectivity index (χ1) is 18.7. The number of carboxylic acids is 2. The third-order valence-electron chi connectivity index (χ3n) is 6.85. The third-order valence-corrected chi connectivity index (χ3v) is 6.85. The number of amides is 2. The number of aliphatic carboxylic acids is 2. The van der Waals surface area contributed by atoms with Crippen molar-refractivity contribution in [1.82, 2.24) is 10.6 Å². The number of carboxylic acid groups (broad SMARTS) is 2. The van der Waals surface area contributed by atoms with Gasteiger partial charge in [-0.1, -0.05) is 89.9 Å². The van der Waals surface area contributed by atoms with Gasteiger partial charge in [0.15, 0.2) is 5.78 Å². The van der Waals surface area contributed by atoms with Gasteiger partial charge in [0, 0.05) is 19.3 Å². The summed E-state index contributed by atoms with van der Waals surface area (Å²) in [6, 6.07) is -2.01. The molecule has 0 heterocycles. The van der Waals surface area contributed by atoms with Crippen molar-refractivity contribution in [3.63, 3.8) is 0 Å². The van der Waals surface area contributed by atoms with Crippen molar-refractivity contribution in [2.75, 3.05) is 6.61 Å². The van der Waals surface area contributed by atoms with Gasteiger partial charge in [-0.15, -0.1) is 0 Å². The summed E-state index contributed by atoms with van der Waals surface area (Å²) in [6.07, 6.45) is 18.2. The van der Waals surface area contributed by atoms with E-state index in [9.17, 15) is 29.1 Å². The van der Waals surface area contributed by atoms with E-state index >= 15 is 0 Å². The van der Waals surface area contributed by atoms with Crippen LogP contribution in [-0.2, 0) is 24.0 Å². The molecule has 0 aromatic carbocycles. The molecular weight excluding hydrogens is 504 g/mol. The highest BCUT2D eigenvalue weighted by Gasteiger charge is 2.22. The molecule has 0 fully saturated rings. The van der Waals surface area contributed by atoms with E-state index < -0.39 is 42.3 Å². The first-order valence-corrected chi connectivity index (χ1v) is 14.8. The molecule has 5 N–H and O–H groups in total. The Balaban J connectivity index is 3.65. The molecule has 39 heavy (non-hydrogen) atoms. The Bertz CT molecular complexity index is 713. The Labute approximate surface area is 233 Å². The molecule has 0 aliphatic carbocycles. The zero-order valence-corrected chi connectivity index (χ0v) is 23.9. The maximum atomic E-state index is 12.1. The van der Waals surface area contributed by atoms with Gasteiger partial charge in [-0.2, -0.15) is 0 Å². The maximum absolute atomic E-state index is 12.1. The zero-order valence-electron chi connectivity index (χ0n) is 23.9. The Morgan fingerprint density at radius 1 is 0.564 bits per heavy atom. The highest BCUT2D eigenvalue weighted by Crippen LogP contribution is 2.14. The van der Waals surface area contributed by atoms with Crippen LogP contribution in [-0.4, -0.2) is 63.5 Å². The van der Waals surface area contributed by atoms with Crippen molar-refractivity contribution in [2.45, 2.75) is 147 Å². The van der Waals surface area contributed by atoms with Crippen molar-refractivity contribution >= 4 is 29.5 Å². The number of rotatable bonds is 27. The molecular formula is C29H52N2O8. The first kappa shape index (κ1) is 36.5. The Morgan fingerprint density at radius 2 is 0.949 bits per heavy atom. The zero-order chi connectivity index (χ0) is 29.3. The number of hydrogen-bond donors (Lipinski definition) is 5. The van der Waals surface area contributed by atoms with E-state index in [1.54, 1.807) is 0 Å².